The highest BCUT2D eigenvalue weighted by molar-refractivity contribution is 5.54. The van der Waals surface area contributed by atoms with E-state index >= 15 is 0 Å². The first-order valence-corrected chi connectivity index (χ1v) is 7.21. The summed E-state index contributed by atoms with van der Waals surface area (Å²) in [4.78, 5) is 4.50. The number of benzene rings is 1. The lowest BCUT2D eigenvalue weighted by Gasteiger charge is -2.23. The minimum atomic E-state index is 0.819. The van der Waals surface area contributed by atoms with Crippen molar-refractivity contribution in [3.8, 4) is 11.4 Å². The molecule has 1 N–H and O–H groups in total. The van der Waals surface area contributed by atoms with E-state index in [0.29, 0.717) is 0 Å². The molecule has 1 atom stereocenters. The second-order valence-corrected chi connectivity index (χ2v) is 5.31. The molecule has 0 aliphatic carbocycles. The summed E-state index contributed by atoms with van der Waals surface area (Å²) in [6, 6.07) is 10.4. The molecule has 0 bridgehead atoms. The molecule has 1 aliphatic rings. The van der Waals surface area contributed by atoms with Gasteiger partial charge in [0.05, 0.1) is 0 Å². The summed E-state index contributed by atoms with van der Waals surface area (Å²) in [7, 11) is 0. The fraction of sp³-hybridized carbons (Fsp3) is 0.438. The maximum absolute atomic E-state index is 4.50. The largest absolute Gasteiger partial charge is 0.331 e. The molecule has 1 fully saturated rings. The van der Waals surface area contributed by atoms with Gasteiger partial charge in [0.15, 0.2) is 0 Å². The monoisotopic (exact) mass is 255 g/mol. The maximum atomic E-state index is 4.50. The predicted octanol–water partition coefficient (Wildman–Crippen LogP) is 2.94. The summed E-state index contributed by atoms with van der Waals surface area (Å²) in [6.07, 6.45) is 7.92. The van der Waals surface area contributed by atoms with Gasteiger partial charge < -0.3 is 9.88 Å². The first kappa shape index (κ1) is 12.4. The van der Waals surface area contributed by atoms with Crippen LogP contribution in [0.2, 0.25) is 0 Å². The highest BCUT2D eigenvalue weighted by Gasteiger charge is 2.13. The second kappa shape index (κ2) is 6.02. The number of imidazole rings is 1. The molecule has 0 radical (unpaired) electrons. The van der Waals surface area contributed by atoms with Crippen molar-refractivity contribution in [1.29, 1.82) is 0 Å². The lowest BCUT2D eigenvalue weighted by Crippen LogP contribution is -2.30. The van der Waals surface area contributed by atoms with E-state index in [1.54, 1.807) is 0 Å². The maximum Gasteiger partial charge on any atom is 0.139 e. The Morgan fingerprint density at radius 3 is 2.95 bits per heavy atom. The molecule has 1 aromatic carbocycles. The number of rotatable bonds is 4. The van der Waals surface area contributed by atoms with Gasteiger partial charge in [0.2, 0.25) is 0 Å². The van der Waals surface area contributed by atoms with E-state index in [0.717, 1.165) is 18.3 Å². The van der Waals surface area contributed by atoms with Gasteiger partial charge in [-0.25, -0.2) is 4.98 Å². The Bertz CT molecular complexity index is 498. The predicted molar refractivity (Wildman–Crippen MR) is 77.9 cm³/mol. The van der Waals surface area contributed by atoms with E-state index in [1.807, 2.05) is 12.3 Å². The van der Waals surface area contributed by atoms with Crippen molar-refractivity contribution in [3.05, 3.63) is 42.7 Å². The molecule has 2 aromatic rings. The van der Waals surface area contributed by atoms with Crippen LogP contribution in [-0.4, -0.2) is 22.6 Å². The van der Waals surface area contributed by atoms with Crippen LogP contribution >= 0.6 is 0 Å². The third-order valence-corrected chi connectivity index (χ3v) is 3.92. The zero-order chi connectivity index (χ0) is 12.9. The SMILES string of the molecule is c1ccc(-c2nccn2CCC2CCCNC2)cc1. The number of hydrogen-bond acceptors (Lipinski definition) is 2. The number of nitrogens with one attached hydrogen (secondary N) is 1. The molecule has 1 saturated heterocycles. The van der Waals surface area contributed by atoms with E-state index in [2.05, 4.69) is 45.3 Å². The van der Waals surface area contributed by atoms with Crippen molar-refractivity contribution in [2.75, 3.05) is 13.1 Å². The van der Waals surface area contributed by atoms with E-state index < -0.39 is 0 Å². The van der Waals surface area contributed by atoms with Gasteiger partial charge in [0.25, 0.3) is 0 Å². The van der Waals surface area contributed by atoms with Crippen molar-refractivity contribution in [3.63, 3.8) is 0 Å². The first-order chi connectivity index (χ1) is 9.43. The van der Waals surface area contributed by atoms with Gasteiger partial charge in [-0.15, -0.1) is 0 Å². The van der Waals surface area contributed by atoms with Crippen molar-refractivity contribution >= 4 is 0 Å². The molecule has 1 unspecified atom stereocenters. The molecule has 100 valence electrons. The third kappa shape index (κ3) is 3.04. The van der Waals surface area contributed by atoms with Crippen LogP contribution in [-0.2, 0) is 6.54 Å². The van der Waals surface area contributed by atoms with Crippen LogP contribution in [0.4, 0.5) is 0 Å². The van der Waals surface area contributed by atoms with Gasteiger partial charge in [-0.05, 0) is 38.3 Å². The van der Waals surface area contributed by atoms with Crippen LogP contribution in [0.15, 0.2) is 42.7 Å². The molecule has 2 heterocycles. The van der Waals surface area contributed by atoms with Crippen LogP contribution in [0.25, 0.3) is 11.4 Å². The zero-order valence-electron chi connectivity index (χ0n) is 11.3. The summed E-state index contributed by atoms with van der Waals surface area (Å²) in [5.74, 6) is 1.91. The molecule has 0 saturated carbocycles. The fourth-order valence-electron chi connectivity index (χ4n) is 2.83. The molecule has 1 aliphatic heterocycles. The normalized spacial score (nSPS) is 19.5. The molecular formula is C16H21N3. The fourth-order valence-corrected chi connectivity index (χ4v) is 2.83. The van der Waals surface area contributed by atoms with Gasteiger partial charge >= 0.3 is 0 Å². The topological polar surface area (TPSA) is 29.9 Å². The van der Waals surface area contributed by atoms with Gasteiger partial charge in [-0.2, -0.15) is 0 Å². The van der Waals surface area contributed by atoms with Gasteiger partial charge in [-0.1, -0.05) is 30.3 Å². The zero-order valence-corrected chi connectivity index (χ0v) is 11.3. The van der Waals surface area contributed by atoms with E-state index in [9.17, 15) is 0 Å². The van der Waals surface area contributed by atoms with Gasteiger partial charge in [0, 0.05) is 24.5 Å². The molecule has 3 heteroatoms. The minimum absolute atomic E-state index is 0.819. The van der Waals surface area contributed by atoms with E-state index in [4.69, 9.17) is 0 Å². The number of aryl methyl sites for hydroxylation is 1. The number of piperidine rings is 1. The van der Waals surface area contributed by atoms with E-state index in [-0.39, 0.29) is 0 Å². The van der Waals surface area contributed by atoms with Crippen LogP contribution in [0.5, 0.6) is 0 Å². The second-order valence-electron chi connectivity index (χ2n) is 5.31. The summed E-state index contributed by atoms with van der Waals surface area (Å²) in [5.41, 5.74) is 1.20. The van der Waals surface area contributed by atoms with Gasteiger partial charge in [0.1, 0.15) is 5.82 Å². The van der Waals surface area contributed by atoms with Crippen LogP contribution < -0.4 is 5.32 Å². The lowest BCUT2D eigenvalue weighted by molar-refractivity contribution is 0.342. The molecule has 1 aromatic heterocycles. The lowest BCUT2D eigenvalue weighted by atomic mass is 9.96. The first-order valence-electron chi connectivity index (χ1n) is 7.21. The average Bonchev–Trinajstić information content (AvgIpc) is 2.95. The Hall–Kier alpha value is -1.61. The van der Waals surface area contributed by atoms with Crippen molar-refractivity contribution in [1.82, 2.24) is 14.9 Å². The molecule has 19 heavy (non-hydrogen) atoms. The summed E-state index contributed by atoms with van der Waals surface area (Å²) >= 11 is 0. The smallest absolute Gasteiger partial charge is 0.139 e. The number of nitrogens with zero attached hydrogens (tertiary/aromatic N) is 2. The molecule has 0 amide bonds. The summed E-state index contributed by atoms with van der Waals surface area (Å²) in [6.45, 7) is 3.43. The summed E-state index contributed by atoms with van der Waals surface area (Å²) < 4.78 is 2.28. The number of hydrogen-bond donors (Lipinski definition) is 1. The minimum Gasteiger partial charge on any atom is -0.331 e. The highest BCUT2D eigenvalue weighted by Crippen LogP contribution is 2.20. The molecule has 3 nitrogen and oxygen atoms in total. The van der Waals surface area contributed by atoms with Crippen molar-refractivity contribution in [2.45, 2.75) is 25.8 Å². The van der Waals surface area contributed by atoms with E-state index in [1.165, 1.54) is 37.9 Å². The highest BCUT2D eigenvalue weighted by atomic mass is 15.1. The Morgan fingerprint density at radius 2 is 2.16 bits per heavy atom. The molecular weight excluding hydrogens is 234 g/mol. The summed E-state index contributed by atoms with van der Waals surface area (Å²) in [5, 5.41) is 3.49. The Morgan fingerprint density at radius 1 is 1.26 bits per heavy atom. The van der Waals surface area contributed by atoms with Crippen molar-refractivity contribution in [2.24, 2.45) is 5.92 Å². The molecule has 3 rings (SSSR count). The Balaban J connectivity index is 1.67. The quantitative estimate of drug-likeness (QED) is 0.910. The number of aromatic nitrogens is 2. The van der Waals surface area contributed by atoms with Crippen LogP contribution in [0.1, 0.15) is 19.3 Å². The Kier molecular flexibility index (Phi) is 3.94. The standard InChI is InChI=1S/C16H21N3/c1-2-6-15(7-3-1)16-18-10-12-19(16)11-8-14-5-4-9-17-13-14/h1-3,6-7,10,12,14,17H,4-5,8-9,11,13H2. The Labute approximate surface area is 114 Å². The molecule has 0 spiro atoms. The third-order valence-electron chi connectivity index (χ3n) is 3.92. The van der Waals surface area contributed by atoms with Crippen molar-refractivity contribution < 1.29 is 0 Å². The van der Waals surface area contributed by atoms with Crippen LogP contribution in [0, 0.1) is 5.92 Å². The van der Waals surface area contributed by atoms with Crippen LogP contribution in [0.3, 0.4) is 0 Å². The van der Waals surface area contributed by atoms with Gasteiger partial charge in [-0.3, -0.25) is 0 Å². The average molecular weight is 255 g/mol.